The van der Waals surface area contributed by atoms with Crippen LogP contribution in [0.4, 0.5) is 11.4 Å². The van der Waals surface area contributed by atoms with Crippen LogP contribution in [-0.2, 0) is 9.59 Å². The molecule has 8 heteroatoms. The molecule has 1 N–H and O–H groups in total. The average Bonchev–Trinajstić information content (AvgIpc) is 3.08. The molecule has 0 bridgehead atoms. The molecule has 3 aromatic carbocycles. The molecule has 3 aromatic rings. The molecule has 0 aromatic heterocycles. The number of amides is 1. The average molecular weight is 509 g/mol. The SMILES string of the molecule is O=C(O)COc1ccc(/C=C2/SC(=Nc3ccccc3)N(c3ccccc3)C2=O)cc1Br. The highest BCUT2D eigenvalue weighted by Gasteiger charge is 2.34. The zero-order valence-corrected chi connectivity index (χ0v) is 19.0. The van der Waals surface area contributed by atoms with Gasteiger partial charge in [-0.25, -0.2) is 9.79 Å². The number of rotatable bonds is 6. The molecule has 1 heterocycles. The molecule has 0 aliphatic carbocycles. The van der Waals surface area contributed by atoms with Crippen LogP contribution in [-0.4, -0.2) is 28.8 Å². The third-order valence-electron chi connectivity index (χ3n) is 4.41. The summed E-state index contributed by atoms with van der Waals surface area (Å²) in [5.41, 5.74) is 2.26. The molecule has 0 atom stereocenters. The second-order valence-corrected chi connectivity index (χ2v) is 8.55. The van der Waals surface area contributed by atoms with Gasteiger partial charge in [-0.2, -0.15) is 0 Å². The lowest BCUT2D eigenvalue weighted by Gasteiger charge is -2.15. The monoisotopic (exact) mass is 508 g/mol. The molecule has 0 unspecified atom stereocenters. The summed E-state index contributed by atoms with van der Waals surface area (Å²) in [6, 6.07) is 24.1. The highest BCUT2D eigenvalue weighted by Crippen LogP contribution is 2.38. The van der Waals surface area contributed by atoms with Crippen LogP contribution in [0.15, 0.2) is 93.2 Å². The molecule has 0 saturated carbocycles. The largest absolute Gasteiger partial charge is 0.481 e. The zero-order chi connectivity index (χ0) is 22.5. The van der Waals surface area contributed by atoms with Gasteiger partial charge in [-0.1, -0.05) is 42.5 Å². The van der Waals surface area contributed by atoms with Gasteiger partial charge in [0.05, 0.1) is 20.8 Å². The first kappa shape index (κ1) is 21.9. The van der Waals surface area contributed by atoms with Crippen molar-refractivity contribution in [3.63, 3.8) is 0 Å². The molecule has 1 amide bonds. The van der Waals surface area contributed by atoms with E-state index in [-0.39, 0.29) is 5.91 Å². The zero-order valence-electron chi connectivity index (χ0n) is 16.6. The molecular weight excluding hydrogens is 492 g/mol. The van der Waals surface area contributed by atoms with Gasteiger partial charge in [-0.05, 0) is 75.7 Å². The van der Waals surface area contributed by atoms with Gasteiger partial charge in [0.15, 0.2) is 11.8 Å². The molecule has 1 saturated heterocycles. The predicted molar refractivity (Wildman–Crippen MR) is 130 cm³/mol. The van der Waals surface area contributed by atoms with Crippen LogP contribution < -0.4 is 9.64 Å². The van der Waals surface area contributed by atoms with Gasteiger partial charge in [-0.3, -0.25) is 9.69 Å². The van der Waals surface area contributed by atoms with Crippen molar-refractivity contribution in [1.29, 1.82) is 0 Å². The van der Waals surface area contributed by atoms with Crippen LogP contribution >= 0.6 is 27.7 Å². The highest BCUT2D eigenvalue weighted by atomic mass is 79.9. The molecule has 1 aliphatic rings. The van der Waals surface area contributed by atoms with E-state index in [2.05, 4.69) is 20.9 Å². The van der Waals surface area contributed by atoms with E-state index < -0.39 is 12.6 Å². The number of anilines is 1. The summed E-state index contributed by atoms with van der Waals surface area (Å²) in [6.45, 7) is -0.432. The van der Waals surface area contributed by atoms with E-state index in [0.29, 0.717) is 20.3 Å². The van der Waals surface area contributed by atoms with Gasteiger partial charge in [0, 0.05) is 0 Å². The maximum Gasteiger partial charge on any atom is 0.341 e. The number of aliphatic imine (C=N–C) groups is 1. The Kier molecular flexibility index (Phi) is 6.72. The smallest absolute Gasteiger partial charge is 0.341 e. The van der Waals surface area contributed by atoms with Crippen molar-refractivity contribution >= 4 is 62.2 Å². The summed E-state index contributed by atoms with van der Waals surface area (Å²) in [5, 5.41) is 9.35. The van der Waals surface area contributed by atoms with E-state index >= 15 is 0 Å². The maximum absolute atomic E-state index is 13.3. The van der Waals surface area contributed by atoms with Crippen LogP contribution in [0, 0.1) is 0 Å². The minimum Gasteiger partial charge on any atom is -0.481 e. The van der Waals surface area contributed by atoms with Gasteiger partial charge < -0.3 is 9.84 Å². The number of carboxylic acid groups (broad SMARTS) is 1. The first-order chi connectivity index (χ1) is 15.5. The van der Waals surface area contributed by atoms with Crippen LogP contribution in [0.3, 0.4) is 0 Å². The fourth-order valence-corrected chi connectivity index (χ4v) is 4.49. The molecule has 4 rings (SSSR count). The number of hydrogen-bond donors (Lipinski definition) is 1. The molecule has 0 spiro atoms. The Hall–Kier alpha value is -3.36. The van der Waals surface area contributed by atoms with Gasteiger partial charge in [-0.15, -0.1) is 0 Å². The van der Waals surface area contributed by atoms with Crippen LogP contribution in [0.25, 0.3) is 6.08 Å². The number of ether oxygens (including phenoxy) is 1. The number of para-hydroxylation sites is 2. The van der Waals surface area contributed by atoms with Crippen molar-refractivity contribution in [3.8, 4) is 5.75 Å². The fraction of sp³-hybridized carbons (Fsp3) is 0.0417. The molecule has 160 valence electrons. The molecule has 6 nitrogen and oxygen atoms in total. The number of aliphatic carboxylic acids is 1. The first-order valence-corrected chi connectivity index (χ1v) is 11.2. The molecule has 0 radical (unpaired) electrons. The number of hydrogen-bond acceptors (Lipinski definition) is 5. The summed E-state index contributed by atoms with van der Waals surface area (Å²) in [5.74, 6) is -0.808. The number of carbonyl (C=O) groups is 2. The van der Waals surface area contributed by atoms with Crippen molar-refractivity contribution in [2.24, 2.45) is 4.99 Å². The van der Waals surface area contributed by atoms with Crippen molar-refractivity contribution in [3.05, 3.63) is 93.8 Å². The molecule has 32 heavy (non-hydrogen) atoms. The lowest BCUT2D eigenvalue weighted by atomic mass is 10.2. The molecule has 1 aliphatic heterocycles. The lowest BCUT2D eigenvalue weighted by molar-refractivity contribution is -0.139. The van der Waals surface area contributed by atoms with Crippen LogP contribution in [0.1, 0.15) is 5.56 Å². The summed E-state index contributed by atoms with van der Waals surface area (Å²) in [7, 11) is 0. The summed E-state index contributed by atoms with van der Waals surface area (Å²) in [4.78, 5) is 30.8. The lowest BCUT2D eigenvalue weighted by Crippen LogP contribution is -2.28. The highest BCUT2D eigenvalue weighted by molar-refractivity contribution is 9.10. The standard InChI is InChI=1S/C24H17BrN2O4S/c25-19-13-16(11-12-20(19)31-15-22(28)29)14-21-23(30)27(18-9-5-2-6-10-18)24(32-21)26-17-7-3-1-4-8-17/h1-14H,15H2,(H,28,29)/b21-14+,26-24?. The van der Waals surface area contributed by atoms with Gasteiger partial charge >= 0.3 is 5.97 Å². The second kappa shape index (κ2) is 9.84. The van der Waals surface area contributed by atoms with Crippen molar-refractivity contribution in [2.45, 2.75) is 0 Å². The second-order valence-electron chi connectivity index (χ2n) is 6.69. The van der Waals surface area contributed by atoms with Gasteiger partial charge in [0.25, 0.3) is 5.91 Å². The minimum absolute atomic E-state index is 0.168. The van der Waals surface area contributed by atoms with E-state index in [9.17, 15) is 9.59 Å². The Morgan fingerprint density at radius 1 is 1.06 bits per heavy atom. The van der Waals surface area contributed by atoms with E-state index in [4.69, 9.17) is 9.84 Å². The fourth-order valence-electron chi connectivity index (χ4n) is 2.98. The molecule has 1 fully saturated rings. The minimum atomic E-state index is -1.05. The van der Waals surface area contributed by atoms with Crippen LogP contribution in [0.2, 0.25) is 0 Å². The summed E-state index contributed by atoms with van der Waals surface area (Å²) in [6.07, 6.45) is 1.78. The number of nitrogens with zero attached hydrogens (tertiary/aromatic N) is 2. The number of benzene rings is 3. The summed E-state index contributed by atoms with van der Waals surface area (Å²) < 4.78 is 5.83. The number of amidine groups is 1. The van der Waals surface area contributed by atoms with E-state index in [1.54, 1.807) is 29.2 Å². The Labute approximate surface area is 197 Å². The topological polar surface area (TPSA) is 79.2 Å². The van der Waals surface area contributed by atoms with Gasteiger partial charge in [0.2, 0.25) is 0 Å². The van der Waals surface area contributed by atoms with E-state index in [0.717, 1.165) is 16.9 Å². The normalized spacial score (nSPS) is 16.0. The van der Waals surface area contributed by atoms with E-state index in [1.165, 1.54) is 11.8 Å². The van der Waals surface area contributed by atoms with Crippen LogP contribution in [0.5, 0.6) is 5.75 Å². The molecular formula is C24H17BrN2O4S. The van der Waals surface area contributed by atoms with Crippen molar-refractivity contribution < 1.29 is 19.4 Å². The Morgan fingerprint density at radius 3 is 2.41 bits per heavy atom. The Morgan fingerprint density at radius 2 is 1.75 bits per heavy atom. The number of carboxylic acids is 1. The predicted octanol–water partition coefficient (Wildman–Crippen LogP) is 5.72. The quantitative estimate of drug-likeness (QED) is 0.430. The first-order valence-electron chi connectivity index (χ1n) is 9.58. The van der Waals surface area contributed by atoms with Crippen molar-refractivity contribution in [2.75, 3.05) is 11.5 Å². The van der Waals surface area contributed by atoms with Crippen molar-refractivity contribution in [1.82, 2.24) is 0 Å². The summed E-state index contributed by atoms with van der Waals surface area (Å²) >= 11 is 4.69. The third-order valence-corrected chi connectivity index (χ3v) is 6.00. The Balaban J connectivity index is 1.67. The number of thioether (sulfide) groups is 1. The van der Waals surface area contributed by atoms with E-state index in [1.807, 2.05) is 60.7 Å². The third kappa shape index (κ3) is 5.09. The number of halogens is 1. The Bertz CT molecular complexity index is 1210. The number of carbonyl (C=O) groups excluding carboxylic acids is 1. The maximum atomic E-state index is 13.3. The van der Waals surface area contributed by atoms with Gasteiger partial charge in [0.1, 0.15) is 5.75 Å².